The first-order valence-electron chi connectivity index (χ1n) is 9.90. The largest absolute Gasteiger partial charge is 0.381 e. The Morgan fingerprint density at radius 1 is 1.04 bits per heavy atom. The minimum atomic E-state index is 0.110. The normalized spacial score (nSPS) is 25.0. The van der Waals surface area contributed by atoms with Crippen molar-refractivity contribution in [1.82, 2.24) is 9.80 Å². The summed E-state index contributed by atoms with van der Waals surface area (Å²) in [4.78, 5) is 17.4. The number of carbonyl (C=O) groups is 1. The van der Waals surface area contributed by atoms with E-state index >= 15 is 0 Å². The van der Waals surface area contributed by atoms with E-state index in [2.05, 4.69) is 34.1 Å². The fourth-order valence-electron chi connectivity index (χ4n) is 4.86. The summed E-state index contributed by atoms with van der Waals surface area (Å²) in [6.07, 6.45) is 6.46. The fraction of sp³-hybridized carbons (Fsp3) is 0.667. The number of rotatable bonds is 4. The molecule has 3 aliphatic heterocycles. The van der Waals surface area contributed by atoms with Crippen LogP contribution in [0.25, 0.3) is 0 Å². The Morgan fingerprint density at radius 3 is 2.48 bits per heavy atom. The van der Waals surface area contributed by atoms with E-state index in [1.165, 1.54) is 24.9 Å². The molecule has 1 amide bonds. The molecule has 0 saturated carbocycles. The van der Waals surface area contributed by atoms with Crippen LogP contribution < -0.4 is 0 Å². The summed E-state index contributed by atoms with van der Waals surface area (Å²) >= 11 is 0. The molecular weight excluding hydrogens is 312 g/mol. The third-order valence-electron chi connectivity index (χ3n) is 6.51. The average Bonchev–Trinajstić information content (AvgIpc) is 2.95. The molecule has 1 spiro atoms. The molecule has 3 saturated heterocycles. The van der Waals surface area contributed by atoms with Gasteiger partial charge in [-0.25, -0.2) is 0 Å². The fourth-order valence-corrected chi connectivity index (χ4v) is 4.86. The molecule has 0 bridgehead atoms. The number of ether oxygens (including phenoxy) is 1. The summed E-state index contributed by atoms with van der Waals surface area (Å²) in [6.45, 7) is 6.13. The molecule has 4 heteroatoms. The van der Waals surface area contributed by atoms with E-state index in [4.69, 9.17) is 4.74 Å². The number of carbonyl (C=O) groups excluding carboxylic acids is 1. The molecule has 1 aromatic carbocycles. The third-order valence-corrected chi connectivity index (χ3v) is 6.51. The lowest BCUT2D eigenvalue weighted by Crippen LogP contribution is -2.53. The lowest BCUT2D eigenvalue weighted by Gasteiger charge is -2.46. The molecular formula is C21H30N2O2. The lowest BCUT2D eigenvalue weighted by atomic mass is 9.84. The van der Waals surface area contributed by atoms with Gasteiger partial charge in [0.2, 0.25) is 5.91 Å². The standard InChI is InChI=1S/C21H30N2O2/c24-20-6-9-21(23(20)17-18-4-2-1-3-5-18)10-12-22(13-11-21)16-19-7-14-25-15-8-19/h1-5,19H,6-17H2. The van der Waals surface area contributed by atoms with E-state index in [-0.39, 0.29) is 5.54 Å². The predicted octanol–water partition coefficient (Wildman–Crippen LogP) is 3.07. The summed E-state index contributed by atoms with van der Waals surface area (Å²) < 4.78 is 5.48. The Hall–Kier alpha value is -1.39. The Balaban J connectivity index is 1.37. The van der Waals surface area contributed by atoms with Crippen molar-refractivity contribution in [2.24, 2.45) is 5.92 Å². The van der Waals surface area contributed by atoms with E-state index < -0.39 is 0 Å². The zero-order valence-corrected chi connectivity index (χ0v) is 15.2. The Kier molecular flexibility index (Phi) is 5.09. The van der Waals surface area contributed by atoms with Gasteiger partial charge in [0, 0.05) is 51.4 Å². The van der Waals surface area contributed by atoms with Crippen molar-refractivity contribution in [3.8, 4) is 0 Å². The van der Waals surface area contributed by atoms with Crippen LogP contribution in [0.1, 0.15) is 44.1 Å². The second-order valence-electron chi connectivity index (χ2n) is 8.05. The van der Waals surface area contributed by atoms with E-state index in [0.717, 1.165) is 64.4 Å². The maximum Gasteiger partial charge on any atom is 0.223 e. The highest BCUT2D eigenvalue weighted by Crippen LogP contribution is 2.40. The van der Waals surface area contributed by atoms with E-state index in [1.54, 1.807) is 0 Å². The first kappa shape index (κ1) is 17.0. The minimum absolute atomic E-state index is 0.110. The quantitative estimate of drug-likeness (QED) is 0.843. The second kappa shape index (κ2) is 7.46. The Labute approximate surface area is 151 Å². The van der Waals surface area contributed by atoms with Crippen molar-refractivity contribution in [2.75, 3.05) is 32.8 Å². The van der Waals surface area contributed by atoms with Crippen LogP contribution in [0.2, 0.25) is 0 Å². The van der Waals surface area contributed by atoms with E-state index in [1.807, 2.05) is 6.07 Å². The van der Waals surface area contributed by atoms with Crippen LogP contribution in [0.3, 0.4) is 0 Å². The lowest BCUT2D eigenvalue weighted by molar-refractivity contribution is -0.133. The van der Waals surface area contributed by atoms with Gasteiger partial charge in [0.15, 0.2) is 0 Å². The van der Waals surface area contributed by atoms with Crippen LogP contribution in [0, 0.1) is 5.92 Å². The van der Waals surface area contributed by atoms with Crippen LogP contribution in [0.15, 0.2) is 30.3 Å². The molecule has 0 aromatic heterocycles. The number of amides is 1. The molecule has 1 aromatic rings. The molecule has 0 atom stereocenters. The van der Waals surface area contributed by atoms with Gasteiger partial charge in [0.25, 0.3) is 0 Å². The number of hydrogen-bond acceptors (Lipinski definition) is 3. The van der Waals surface area contributed by atoms with Crippen molar-refractivity contribution in [1.29, 1.82) is 0 Å². The van der Waals surface area contributed by atoms with E-state index in [9.17, 15) is 4.79 Å². The topological polar surface area (TPSA) is 32.8 Å². The van der Waals surface area contributed by atoms with E-state index in [0.29, 0.717) is 5.91 Å². The highest BCUT2D eigenvalue weighted by molar-refractivity contribution is 5.79. The summed E-state index contributed by atoms with van der Waals surface area (Å²) in [5.74, 6) is 1.15. The zero-order chi connectivity index (χ0) is 17.1. The highest BCUT2D eigenvalue weighted by atomic mass is 16.5. The van der Waals surface area contributed by atoms with Crippen molar-refractivity contribution in [3.63, 3.8) is 0 Å². The first-order chi connectivity index (χ1) is 12.3. The smallest absolute Gasteiger partial charge is 0.223 e. The van der Waals surface area contributed by atoms with Crippen molar-refractivity contribution in [3.05, 3.63) is 35.9 Å². The third kappa shape index (κ3) is 3.75. The Morgan fingerprint density at radius 2 is 1.76 bits per heavy atom. The molecule has 4 rings (SSSR count). The summed E-state index contributed by atoms with van der Waals surface area (Å²) in [6, 6.07) is 10.5. The van der Waals surface area contributed by atoms with Gasteiger partial charge in [-0.3, -0.25) is 4.79 Å². The van der Waals surface area contributed by atoms with Gasteiger partial charge in [-0.2, -0.15) is 0 Å². The maximum atomic E-state index is 12.5. The molecule has 3 aliphatic rings. The number of benzene rings is 1. The molecule has 4 nitrogen and oxygen atoms in total. The van der Waals surface area contributed by atoms with Gasteiger partial charge in [0.1, 0.15) is 0 Å². The highest BCUT2D eigenvalue weighted by Gasteiger charge is 2.46. The monoisotopic (exact) mass is 342 g/mol. The molecule has 3 heterocycles. The SMILES string of the molecule is O=C1CCC2(CCN(CC3CCOCC3)CC2)N1Cc1ccccc1. The first-order valence-corrected chi connectivity index (χ1v) is 9.90. The van der Waals surface area contributed by atoms with Crippen molar-refractivity contribution in [2.45, 2.75) is 50.6 Å². The van der Waals surface area contributed by atoms with Gasteiger partial charge in [-0.15, -0.1) is 0 Å². The summed E-state index contributed by atoms with van der Waals surface area (Å²) in [5, 5.41) is 0. The molecule has 0 aliphatic carbocycles. The van der Waals surface area contributed by atoms with Gasteiger partial charge in [0.05, 0.1) is 0 Å². The molecule has 3 fully saturated rings. The number of nitrogens with zero attached hydrogens (tertiary/aromatic N) is 2. The van der Waals surface area contributed by atoms with Crippen molar-refractivity contribution < 1.29 is 9.53 Å². The number of piperidine rings is 1. The van der Waals surface area contributed by atoms with Crippen LogP contribution in [0.5, 0.6) is 0 Å². The van der Waals surface area contributed by atoms with Gasteiger partial charge in [-0.1, -0.05) is 30.3 Å². The summed E-state index contributed by atoms with van der Waals surface area (Å²) in [5.41, 5.74) is 1.36. The van der Waals surface area contributed by atoms with Crippen molar-refractivity contribution >= 4 is 5.91 Å². The molecule has 136 valence electrons. The van der Waals surface area contributed by atoms with Crippen LogP contribution in [-0.4, -0.2) is 54.1 Å². The minimum Gasteiger partial charge on any atom is -0.381 e. The summed E-state index contributed by atoms with van der Waals surface area (Å²) in [7, 11) is 0. The maximum absolute atomic E-state index is 12.5. The zero-order valence-electron chi connectivity index (χ0n) is 15.2. The molecule has 0 radical (unpaired) electrons. The van der Waals surface area contributed by atoms with Gasteiger partial charge >= 0.3 is 0 Å². The number of hydrogen-bond donors (Lipinski definition) is 0. The molecule has 0 unspecified atom stereocenters. The van der Waals surface area contributed by atoms with Crippen LogP contribution in [0.4, 0.5) is 0 Å². The molecule has 0 N–H and O–H groups in total. The van der Waals surface area contributed by atoms with Gasteiger partial charge < -0.3 is 14.5 Å². The predicted molar refractivity (Wildman–Crippen MR) is 98.2 cm³/mol. The average molecular weight is 342 g/mol. The molecule has 25 heavy (non-hydrogen) atoms. The second-order valence-corrected chi connectivity index (χ2v) is 8.05. The number of likely N-dealkylation sites (tertiary alicyclic amines) is 2. The Bertz CT molecular complexity index is 575. The van der Waals surface area contributed by atoms with Crippen LogP contribution in [-0.2, 0) is 16.1 Å². The van der Waals surface area contributed by atoms with Gasteiger partial charge in [-0.05, 0) is 43.6 Å². The van der Waals surface area contributed by atoms with Crippen LogP contribution >= 0.6 is 0 Å².